The van der Waals surface area contributed by atoms with Gasteiger partial charge in [0, 0.05) is 6.42 Å². The fourth-order valence-corrected chi connectivity index (χ4v) is 1.39. The van der Waals surface area contributed by atoms with E-state index in [-0.39, 0.29) is 5.41 Å². The maximum atomic E-state index is 8.38. The number of hydrogen-bond acceptors (Lipinski definition) is 2. The Morgan fingerprint density at radius 2 is 1.81 bits per heavy atom. The van der Waals surface area contributed by atoms with Crippen LogP contribution in [0.2, 0.25) is 0 Å². The highest BCUT2D eigenvalue weighted by atomic mass is 16.5. The predicted molar refractivity (Wildman–Crippen MR) is 65.5 cm³/mol. The monoisotopic (exact) mass is 217 g/mol. The fourth-order valence-electron chi connectivity index (χ4n) is 1.39. The first-order chi connectivity index (χ1) is 7.54. The van der Waals surface area contributed by atoms with Gasteiger partial charge in [-0.2, -0.15) is 5.26 Å². The molecule has 16 heavy (non-hydrogen) atoms. The van der Waals surface area contributed by atoms with Crippen molar-refractivity contribution in [2.24, 2.45) is 0 Å². The van der Waals surface area contributed by atoms with E-state index >= 15 is 0 Å². The van der Waals surface area contributed by atoms with Crippen molar-refractivity contribution in [2.45, 2.75) is 39.0 Å². The van der Waals surface area contributed by atoms with Crippen LogP contribution < -0.4 is 4.74 Å². The smallest absolute Gasteiger partial charge is 0.119 e. The van der Waals surface area contributed by atoms with E-state index in [0.717, 1.165) is 12.2 Å². The standard InChI is InChI=1S/C14H19NO/c1-14(2,3)12-6-8-13(9-7-12)16-11-5-4-10-15/h6-9H,4-5,11H2,1-3H3. The van der Waals surface area contributed by atoms with Crippen molar-refractivity contribution in [1.82, 2.24) is 0 Å². The third kappa shape index (κ3) is 3.94. The molecule has 1 aromatic rings. The Morgan fingerprint density at radius 1 is 1.19 bits per heavy atom. The Hall–Kier alpha value is -1.49. The molecule has 0 saturated carbocycles. The fraction of sp³-hybridized carbons (Fsp3) is 0.500. The number of unbranched alkanes of at least 4 members (excludes halogenated alkanes) is 1. The van der Waals surface area contributed by atoms with Gasteiger partial charge in [-0.25, -0.2) is 0 Å². The second-order valence-electron chi connectivity index (χ2n) is 4.88. The van der Waals surface area contributed by atoms with Gasteiger partial charge in [-0.15, -0.1) is 0 Å². The molecule has 0 spiro atoms. The number of benzene rings is 1. The highest BCUT2D eigenvalue weighted by molar-refractivity contribution is 5.31. The Balaban J connectivity index is 2.49. The second kappa shape index (κ2) is 5.55. The second-order valence-corrected chi connectivity index (χ2v) is 4.88. The minimum atomic E-state index is 0.180. The van der Waals surface area contributed by atoms with Gasteiger partial charge in [0.2, 0.25) is 0 Å². The Morgan fingerprint density at radius 3 is 2.31 bits per heavy atom. The molecular weight excluding hydrogens is 198 g/mol. The van der Waals surface area contributed by atoms with Crippen LogP contribution in [0.15, 0.2) is 24.3 Å². The predicted octanol–water partition coefficient (Wildman–Crippen LogP) is 3.67. The first-order valence-electron chi connectivity index (χ1n) is 5.64. The summed E-state index contributed by atoms with van der Waals surface area (Å²) in [6.07, 6.45) is 1.34. The van der Waals surface area contributed by atoms with Gasteiger partial charge in [0.05, 0.1) is 12.7 Å². The molecule has 0 bridgehead atoms. The van der Waals surface area contributed by atoms with Gasteiger partial charge in [0.25, 0.3) is 0 Å². The van der Waals surface area contributed by atoms with Crippen molar-refractivity contribution >= 4 is 0 Å². The summed E-state index contributed by atoms with van der Waals surface area (Å²) in [5, 5.41) is 8.38. The summed E-state index contributed by atoms with van der Waals surface area (Å²) in [6, 6.07) is 10.3. The summed E-state index contributed by atoms with van der Waals surface area (Å²) in [5.74, 6) is 0.880. The van der Waals surface area contributed by atoms with Gasteiger partial charge >= 0.3 is 0 Å². The van der Waals surface area contributed by atoms with E-state index in [2.05, 4.69) is 39.0 Å². The van der Waals surface area contributed by atoms with Crippen LogP contribution in [0.3, 0.4) is 0 Å². The molecule has 0 aliphatic heterocycles. The van der Waals surface area contributed by atoms with Crippen LogP contribution in [0.5, 0.6) is 5.75 Å². The normalized spacial score (nSPS) is 10.9. The lowest BCUT2D eigenvalue weighted by Gasteiger charge is -2.19. The quantitative estimate of drug-likeness (QED) is 0.721. The van der Waals surface area contributed by atoms with Gasteiger partial charge in [-0.1, -0.05) is 32.9 Å². The molecule has 0 aromatic heterocycles. The highest BCUT2D eigenvalue weighted by Gasteiger charge is 2.12. The zero-order valence-electron chi connectivity index (χ0n) is 10.3. The minimum absolute atomic E-state index is 0.180. The lowest BCUT2D eigenvalue weighted by Crippen LogP contribution is -2.10. The number of ether oxygens (including phenoxy) is 1. The van der Waals surface area contributed by atoms with Crippen molar-refractivity contribution in [3.05, 3.63) is 29.8 Å². The van der Waals surface area contributed by atoms with E-state index in [9.17, 15) is 0 Å². The molecule has 0 radical (unpaired) electrons. The Labute approximate surface area is 97.9 Å². The van der Waals surface area contributed by atoms with Crippen molar-refractivity contribution < 1.29 is 4.74 Å². The van der Waals surface area contributed by atoms with Gasteiger partial charge in [-0.05, 0) is 29.5 Å². The molecule has 0 aliphatic carbocycles. The van der Waals surface area contributed by atoms with Crippen LogP contribution in [-0.2, 0) is 5.41 Å². The van der Waals surface area contributed by atoms with Crippen LogP contribution in [0.25, 0.3) is 0 Å². The van der Waals surface area contributed by atoms with Crippen molar-refractivity contribution in [3.8, 4) is 11.8 Å². The maximum Gasteiger partial charge on any atom is 0.119 e. The molecule has 0 unspecified atom stereocenters. The highest BCUT2D eigenvalue weighted by Crippen LogP contribution is 2.24. The molecule has 0 N–H and O–H groups in total. The number of nitrogens with zero attached hydrogens (tertiary/aromatic N) is 1. The first-order valence-corrected chi connectivity index (χ1v) is 5.64. The summed E-state index contributed by atoms with van der Waals surface area (Å²) in [7, 11) is 0. The van der Waals surface area contributed by atoms with Crippen LogP contribution in [0.4, 0.5) is 0 Å². The lowest BCUT2D eigenvalue weighted by atomic mass is 9.87. The van der Waals surface area contributed by atoms with E-state index in [1.807, 2.05) is 12.1 Å². The molecular formula is C14H19NO. The minimum Gasteiger partial charge on any atom is -0.494 e. The number of rotatable bonds is 4. The molecule has 0 fully saturated rings. The van der Waals surface area contributed by atoms with E-state index in [0.29, 0.717) is 13.0 Å². The van der Waals surface area contributed by atoms with Crippen LogP contribution in [-0.4, -0.2) is 6.61 Å². The summed E-state index contributed by atoms with van der Waals surface area (Å²) in [5.41, 5.74) is 1.48. The van der Waals surface area contributed by atoms with Crippen molar-refractivity contribution in [1.29, 1.82) is 5.26 Å². The van der Waals surface area contributed by atoms with E-state index in [1.54, 1.807) is 0 Å². The molecule has 0 saturated heterocycles. The molecule has 0 amide bonds. The molecule has 1 aromatic carbocycles. The molecule has 0 heterocycles. The summed E-state index contributed by atoms with van der Waals surface area (Å²) in [6.45, 7) is 7.18. The largest absolute Gasteiger partial charge is 0.494 e. The van der Waals surface area contributed by atoms with Crippen LogP contribution >= 0.6 is 0 Å². The molecule has 0 aliphatic rings. The summed E-state index contributed by atoms with van der Waals surface area (Å²) >= 11 is 0. The zero-order valence-corrected chi connectivity index (χ0v) is 10.3. The van der Waals surface area contributed by atoms with Crippen molar-refractivity contribution in [3.63, 3.8) is 0 Å². The average Bonchev–Trinajstić information content (AvgIpc) is 2.24. The lowest BCUT2D eigenvalue weighted by molar-refractivity contribution is 0.312. The molecule has 0 atom stereocenters. The summed E-state index contributed by atoms with van der Waals surface area (Å²) < 4.78 is 5.52. The third-order valence-corrected chi connectivity index (χ3v) is 2.42. The molecule has 86 valence electrons. The number of hydrogen-bond donors (Lipinski definition) is 0. The van der Waals surface area contributed by atoms with Crippen molar-refractivity contribution in [2.75, 3.05) is 6.61 Å². The zero-order chi connectivity index (χ0) is 12.0. The van der Waals surface area contributed by atoms with Gasteiger partial charge in [0.1, 0.15) is 5.75 Å². The van der Waals surface area contributed by atoms with E-state index in [1.165, 1.54) is 5.56 Å². The molecule has 1 rings (SSSR count). The molecule has 2 heteroatoms. The van der Waals surface area contributed by atoms with Gasteiger partial charge in [0.15, 0.2) is 0 Å². The topological polar surface area (TPSA) is 33.0 Å². The van der Waals surface area contributed by atoms with Gasteiger partial charge in [-0.3, -0.25) is 0 Å². The molecule has 2 nitrogen and oxygen atoms in total. The number of nitriles is 1. The maximum absolute atomic E-state index is 8.38. The summed E-state index contributed by atoms with van der Waals surface area (Å²) in [4.78, 5) is 0. The van der Waals surface area contributed by atoms with Crippen LogP contribution in [0, 0.1) is 11.3 Å². The van der Waals surface area contributed by atoms with Crippen LogP contribution in [0.1, 0.15) is 39.2 Å². The van der Waals surface area contributed by atoms with E-state index < -0.39 is 0 Å². The van der Waals surface area contributed by atoms with Gasteiger partial charge < -0.3 is 4.74 Å². The Bertz CT molecular complexity index is 354. The average molecular weight is 217 g/mol. The first kappa shape index (κ1) is 12.6. The third-order valence-electron chi connectivity index (χ3n) is 2.42. The van der Waals surface area contributed by atoms with E-state index in [4.69, 9.17) is 10.00 Å². The Kier molecular flexibility index (Phi) is 4.37. The SMILES string of the molecule is CC(C)(C)c1ccc(OCCCC#N)cc1.